The van der Waals surface area contributed by atoms with Crippen molar-refractivity contribution in [3.63, 3.8) is 0 Å². The molecule has 0 aliphatic rings. The molecule has 6 nitrogen and oxygen atoms in total. The number of hydrogen-bond donors (Lipinski definition) is 3. The van der Waals surface area contributed by atoms with E-state index in [2.05, 4.69) is 15.4 Å². The van der Waals surface area contributed by atoms with Crippen molar-refractivity contribution in [2.45, 2.75) is 13.3 Å². The number of rotatable bonds is 7. The van der Waals surface area contributed by atoms with Crippen LogP contribution in [0.15, 0.2) is 24.3 Å². The fourth-order valence-corrected chi connectivity index (χ4v) is 1.97. The standard InChI is InChI=1S/C12H19N3O3S.ClH/c1-3-19(17,18)15-11-6-4-10(5-7-11)14-12(16)8-9-13-2;/h4-7,13,15H,3,8-9H2,1-2H3,(H,14,16);1H. The summed E-state index contributed by atoms with van der Waals surface area (Å²) in [7, 11) is -1.49. The molecule has 1 amide bonds. The van der Waals surface area contributed by atoms with Crippen LogP contribution in [-0.2, 0) is 14.8 Å². The molecule has 1 aromatic carbocycles. The molecule has 1 aromatic rings. The molecular weight excluding hydrogens is 302 g/mol. The van der Waals surface area contributed by atoms with Gasteiger partial charge in [0.05, 0.1) is 5.75 Å². The van der Waals surface area contributed by atoms with Gasteiger partial charge in [-0.25, -0.2) is 8.42 Å². The summed E-state index contributed by atoms with van der Waals surface area (Å²) < 4.78 is 25.2. The molecule has 0 fully saturated rings. The molecule has 0 unspecified atom stereocenters. The Hall–Kier alpha value is -1.31. The Kier molecular flexibility index (Phi) is 8.21. The molecule has 0 heterocycles. The van der Waals surface area contributed by atoms with Gasteiger partial charge in [0.25, 0.3) is 0 Å². The lowest BCUT2D eigenvalue weighted by Crippen LogP contribution is -2.18. The van der Waals surface area contributed by atoms with Gasteiger partial charge in [-0.05, 0) is 38.2 Å². The minimum Gasteiger partial charge on any atom is -0.326 e. The zero-order valence-corrected chi connectivity index (χ0v) is 13.1. The minimum atomic E-state index is -3.27. The van der Waals surface area contributed by atoms with Crippen LogP contribution in [-0.4, -0.2) is 33.7 Å². The summed E-state index contributed by atoms with van der Waals surface area (Å²) >= 11 is 0. The molecule has 0 radical (unpaired) electrons. The van der Waals surface area contributed by atoms with E-state index in [1.807, 2.05) is 0 Å². The maximum atomic E-state index is 11.5. The number of anilines is 2. The van der Waals surface area contributed by atoms with Crippen molar-refractivity contribution in [2.75, 3.05) is 29.4 Å². The van der Waals surface area contributed by atoms with Crippen molar-refractivity contribution in [2.24, 2.45) is 0 Å². The van der Waals surface area contributed by atoms with E-state index >= 15 is 0 Å². The summed E-state index contributed by atoms with van der Waals surface area (Å²) in [5.41, 5.74) is 1.12. The van der Waals surface area contributed by atoms with E-state index in [0.29, 0.717) is 24.3 Å². The first-order valence-electron chi connectivity index (χ1n) is 6.02. The van der Waals surface area contributed by atoms with Gasteiger partial charge in [-0.3, -0.25) is 9.52 Å². The molecule has 0 aromatic heterocycles. The molecule has 114 valence electrons. The highest BCUT2D eigenvalue weighted by Crippen LogP contribution is 2.15. The van der Waals surface area contributed by atoms with Crippen LogP contribution in [0, 0.1) is 0 Å². The summed E-state index contributed by atoms with van der Waals surface area (Å²) in [6.45, 7) is 2.18. The van der Waals surface area contributed by atoms with Crippen LogP contribution in [0.1, 0.15) is 13.3 Å². The number of amides is 1. The third kappa shape index (κ3) is 6.74. The van der Waals surface area contributed by atoms with E-state index in [4.69, 9.17) is 0 Å². The third-order valence-corrected chi connectivity index (χ3v) is 3.73. The number of carbonyl (C=O) groups excluding carboxylic acids is 1. The van der Waals surface area contributed by atoms with Crippen LogP contribution in [0.4, 0.5) is 11.4 Å². The lowest BCUT2D eigenvalue weighted by atomic mass is 10.3. The van der Waals surface area contributed by atoms with Gasteiger partial charge in [0.15, 0.2) is 0 Å². The maximum absolute atomic E-state index is 11.5. The second-order valence-corrected chi connectivity index (χ2v) is 6.00. The lowest BCUT2D eigenvalue weighted by molar-refractivity contribution is -0.116. The van der Waals surface area contributed by atoms with Gasteiger partial charge in [-0.1, -0.05) is 0 Å². The highest BCUT2D eigenvalue weighted by atomic mass is 35.5. The van der Waals surface area contributed by atoms with E-state index in [-0.39, 0.29) is 24.1 Å². The molecule has 1 rings (SSSR count). The Morgan fingerprint density at radius 3 is 2.20 bits per heavy atom. The molecule has 0 saturated heterocycles. The van der Waals surface area contributed by atoms with E-state index in [9.17, 15) is 13.2 Å². The van der Waals surface area contributed by atoms with E-state index in [0.717, 1.165) is 0 Å². The van der Waals surface area contributed by atoms with Gasteiger partial charge >= 0.3 is 0 Å². The summed E-state index contributed by atoms with van der Waals surface area (Å²) in [4.78, 5) is 11.5. The number of hydrogen-bond acceptors (Lipinski definition) is 4. The molecule has 20 heavy (non-hydrogen) atoms. The van der Waals surface area contributed by atoms with E-state index in [1.165, 1.54) is 0 Å². The number of nitrogens with one attached hydrogen (secondary N) is 3. The molecule has 8 heteroatoms. The van der Waals surface area contributed by atoms with Crippen LogP contribution in [0.2, 0.25) is 0 Å². The maximum Gasteiger partial charge on any atom is 0.232 e. The summed E-state index contributed by atoms with van der Waals surface area (Å²) in [5.74, 6) is -0.0635. The van der Waals surface area contributed by atoms with Crippen molar-refractivity contribution in [1.82, 2.24) is 5.32 Å². The molecular formula is C12H20ClN3O3S. The molecule has 0 saturated carbocycles. The van der Waals surface area contributed by atoms with Crippen LogP contribution in [0.5, 0.6) is 0 Å². The average molecular weight is 322 g/mol. The van der Waals surface area contributed by atoms with Gasteiger partial charge in [-0.2, -0.15) is 0 Å². The largest absolute Gasteiger partial charge is 0.326 e. The topological polar surface area (TPSA) is 87.3 Å². The highest BCUT2D eigenvalue weighted by Gasteiger charge is 2.06. The van der Waals surface area contributed by atoms with Gasteiger partial charge in [0, 0.05) is 24.3 Å². The second kappa shape index (κ2) is 8.78. The second-order valence-electron chi connectivity index (χ2n) is 3.98. The molecule has 0 atom stereocenters. The molecule has 0 aliphatic carbocycles. The average Bonchev–Trinajstić information content (AvgIpc) is 2.38. The first-order valence-corrected chi connectivity index (χ1v) is 7.67. The molecule has 0 spiro atoms. The van der Waals surface area contributed by atoms with Crippen molar-refractivity contribution in [3.05, 3.63) is 24.3 Å². The Labute approximate surface area is 125 Å². The van der Waals surface area contributed by atoms with Crippen LogP contribution in [0.25, 0.3) is 0 Å². The summed E-state index contributed by atoms with van der Waals surface area (Å²) in [6.07, 6.45) is 0.390. The fraction of sp³-hybridized carbons (Fsp3) is 0.417. The number of sulfonamides is 1. The first kappa shape index (κ1) is 18.7. The SMILES string of the molecule is CCS(=O)(=O)Nc1ccc(NC(=O)CCNC)cc1.Cl. The van der Waals surface area contributed by atoms with Crippen molar-refractivity contribution in [1.29, 1.82) is 0 Å². The Morgan fingerprint density at radius 1 is 1.15 bits per heavy atom. The normalized spacial score (nSPS) is 10.5. The number of carbonyl (C=O) groups is 1. The first-order chi connectivity index (χ1) is 8.96. The predicted molar refractivity (Wildman–Crippen MR) is 83.9 cm³/mol. The fourth-order valence-electron chi connectivity index (χ4n) is 1.34. The number of benzene rings is 1. The van der Waals surface area contributed by atoms with Gasteiger partial charge < -0.3 is 10.6 Å². The van der Waals surface area contributed by atoms with Crippen molar-refractivity contribution < 1.29 is 13.2 Å². The Bertz CT molecular complexity index is 517. The minimum absolute atomic E-state index is 0. The highest BCUT2D eigenvalue weighted by molar-refractivity contribution is 7.92. The Morgan fingerprint density at radius 2 is 1.70 bits per heavy atom. The molecule has 3 N–H and O–H groups in total. The van der Waals surface area contributed by atoms with Gasteiger partial charge in [-0.15, -0.1) is 12.4 Å². The smallest absolute Gasteiger partial charge is 0.232 e. The summed E-state index contributed by atoms with van der Waals surface area (Å²) in [6, 6.07) is 6.54. The monoisotopic (exact) mass is 321 g/mol. The Balaban J connectivity index is 0.00000361. The van der Waals surface area contributed by atoms with Gasteiger partial charge in [0.2, 0.25) is 15.9 Å². The number of halogens is 1. The molecule has 0 bridgehead atoms. The van der Waals surface area contributed by atoms with E-state index in [1.54, 1.807) is 38.2 Å². The van der Waals surface area contributed by atoms with Gasteiger partial charge in [0.1, 0.15) is 0 Å². The van der Waals surface area contributed by atoms with Crippen LogP contribution in [0.3, 0.4) is 0 Å². The van der Waals surface area contributed by atoms with Crippen LogP contribution < -0.4 is 15.4 Å². The summed E-state index contributed by atoms with van der Waals surface area (Å²) in [5, 5.41) is 5.61. The van der Waals surface area contributed by atoms with Crippen molar-refractivity contribution in [3.8, 4) is 0 Å². The third-order valence-electron chi connectivity index (χ3n) is 2.42. The van der Waals surface area contributed by atoms with E-state index < -0.39 is 10.0 Å². The zero-order valence-electron chi connectivity index (χ0n) is 11.5. The zero-order chi connectivity index (χ0) is 14.3. The molecule has 0 aliphatic heterocycles. The predicted octanol–water partition coefficient (Wildman–Crippen LogP) is 1.42. The lowest BCUT2D eigenvalue weighted by Gasteiger charge is -2.08. The quantitative estimate of drug-likeness (QED) is 0.708. The van der Waals surface area contributed by atoms with Crippen LogP contribution >= 0.6 is 12.4 Å². The van der Waals surface area contributed by atoms with Crippen molar-refractivity contribution >= 4 is 39.7 Å².